The van der Waals surface area contributed by atoms with Crippen molar-refractivity contribution in [3.05, 3.63) is 60.8 Å². The second-order valence-corrected chi connectivity index (χ2v) is 8.23. The first-order valence-electron chi connectivity index (χ1n) is 9.99. The van der Waals surface area contributed by atoms with Crippen molar-refractivity contribution in [2.75, 3.05) is 10.6 Å². The average molecular weight is 451 g/mol. The molecule has 0 radical (unpaired) electrons. The molecule has 2 N–H and O–H groups in total. The quantitative estimate of drug-likeness (QED) is 0.450. The van der Waals surface area contributed by atoms with Gasteiger partial charge in [-0.25, -0.2) is 24.1 Å². The van der Waals surface area contributed by atoms with Gasteiger partial charge in [-0.2, -0.15) is 5.10 Å². The molecule has 33 heavy (non-hydrogen) atoms. The Hall–Kier alpha value is -4.28. The molecule has 0 bridgehead atoms. The van der Waals surface area contributed by atoms with Crippen LogP contribution in [0.4, 0.5) is 20.7 Å². The van der Waals surface area contributed by atoms with Crippen molar-refractivity contribution in [3.63, 3.8) is 0 Å². The van der Waals surface area contributed by atoms with E-state index in [0.29, 0.717) is 17.2 Å². The number of carbonyl (C=O) groups is 1. The normalized spacial score (nSPS) is 11.3. The molecule has 3 aromatic heterocycles. The number of nitrogens with zero attached hydrogens (tertiary/aromatic N) is 5. The van der Waals surface area contributed by atoms with Gasteiger partial charge in [-0.3, -0.25) is 10.00 Å². The van der Waals surface area contributed by atoms with E-state index >= 15 is 0 Å². The molecule has 11 heteroatoms. The van der Waals surface area contributed by atoms with Crippen LogP contribution in [0, 0.1) is 5.82 Å². The van der Waals surface area contributed by atoms with Gasteiger partial charge in [0.15, 0.2) is 6.39 Å². The number of carbonyl (C=O) groups excluding carboxylic acids is 1. The fourth-order valence-corrected chi connectivity index (χ4v) is 2.88. The average Bonchev–Trinajstić information content (AvgIpc) is 3.41. The summed E-state index contributed by atoms with van der Waals surface area (Å²) in [4.78, 5) is 24.7. The number of hydrogen-bond donors (Lipinski definition) is 2. The maximum absolute atomic E-state index is 14.3. The topological polar surface area (TPSA) is 120 Å². The van der Waals surface area contributed by atoms with Crippen LogP contribution in [-0.2, 0) is 12.5 Å². The summed E-state index contributed by atoms with van der Waals surface area (Å²) in [5.74, 6) is 0.345. The molecule has 0 saturated carbocycles. The van der Waals surface area contributed by atoms with Gasteiger partial charge in [0, 0.05) is 30.7 Å². The van der Waals surface area contributed by atoms with E-state index in [9.17, 15) is 9.18 Å². The van der Waals surface area contributed by atoms with Crippen molar-refractivity contribution in [2.24, 2.45) is 7.05 Å². The van der Waals surface area contributed by atoms with Crippen molar-refractivity contribution in [1.29, 1.82) is 0 Å². The number of ether oxygens (including phenoxy) is 1. The Morgan fingerprint density at radius 1 is 1.09 bits per heavy atom. The number of nitrogens with one attached hydrogen (secondary N) is 2. The summed E-state index contributed by atoms with van der Waals surface area (Å²) >= 11 is 0. The molecule has 0 saturated heterocycles. The van der Waals surface area contributed by atoms with E-state index in [0.717, 1.165) is 5.69 Å². The molecule has 0 aliphatic carbocycles. The van der Waals surface area contributed by atoms with E-state index in [1.54, 1.807) is 23.9 Å². The highest BCUT2D eigenvalue weighted by Crippen LogP contribution is 2.27. The van der Waals surface area contributed by atoms with Gasteiger partial charge in [-0.05, 0) is 12.1 Å². The third-order valence-corrected chi connectivity index (χ3v) is 4.64. The van der Waals surface area contributed by atoms with Crippen LogP contribution in [0.3, 0.4) is 0 Å². The first-order chi connectivity index (χ1) is 15.7. The van der Waals surface area contributed by atoms with Gasteiger partial charge in [-0.1, -0.05) is 20.8 Å². The van der Waals surface area contributed by atoms with Gasteiger partial charge < -0.3 is 14.5 Å². The summed E-state index contributed by atoms with van der Waals surface area (Å²) in [6.07, 6.45) is 4.04. The van der Waals surface area contributed by atoms with Crippen molar-refractivity contribution >= 4 is 17.5 Å². The van der Waals surface area contributed by atoms with Gasteiger partial charge in [-0.15, -0.1) is 0 Å². The molecule has 1 aromatic carbocycles. The van der Waals surface area contributed by atoms with Gasteiger partial charge in [0.2, 0.25) is 5.88 Å². The van der Waals surface area contributed by atoms with Crippen molar-refractivity contribution in [2.45, 2.75) is 26.2 Å². The fourth-order valence-electron chi connectivity index (χ4n) is 2.88. The smallest absolute Gasteiger partial charge is 0.324 e. The van der Waals surface area contributed by atoms with Crippen LogP contribution >= 0.6 is 0 Å². The predicted molar refractivity (Wildman–Crippen MR) is 119 cm³/mol. The van der Waals surface area contributed by atoms with Crippen LogP contribution in [0.15, 0.2) is 53.7 Å². The zero-order valence-electron chi connectivity index (χ0n) is 18.5. The number of aryl methyl sites for hydroxylation is 1. The van der Waals surface area contributed by atoms with Crippen LogP contribution in [0.5, 0.6) is 11.6 Å². The summed E-state index contributed by atoms with van der Waals surface area (Å²) in [6.45, 7) is 6.06. The van der Waals surface area contributed by atoms with Crippen LogP contribution in [0.1, 0.15) is 26.5 Å². The number of urea groups is 1. The van der Waals surface area contributed by atoms with Crippen LogP contribution in [0.25, 0.3) is 11.4 Å². The molecular weight excluding hydrogens is 429 g/mol. The highest BCUT2D eigenvalue weighted by Gasteiger charge is 2.20. The first-order valence-corrected chi connectivity index (χ1v) is 9.99. The molecule has 2 amide bonds. The molecule has 0 spiro atoms. The molecule has 4 rings (SSSR count). The number of halogens is 1. The minimum Gasteiger partial charge on any atom is -0.451 e. The number of anilines is 2. The van der Waals surface area contributed by atoms with Crippen molar-refractivity contribution < 1.29 is 18.3 Å². The molecule has 0 unspecified atom stereocenters. The monoisotopic (exact) mass is 451 g/mol. The summed E-state index contributed by atoms with van der Waals surface area (Å²) in [6, 6.07) is 6.69. The van der Waals surface area contributed by atoms with Gasteiger partial charge in [0.05, 0.1) is 17.1 Å². The molecule has 4 aromatic rings. The standard InChI is InChI=1S/C22H22FN7O3/c1-22(2,3)18-9-19(30(4)29-18)28-21(31)27-15-7-13(5-6-14(15)23)33-20-8-16(24-11-25-20)17-10-32-12-26-17/h5-12H,1-4H3,(H2,27,28,31). The number of hydrogen-bond acceptors (Lipinski definition) is 7. The SMILES string of the molecule is Cn1nc(C(C)(C)C)cc1NC(=O)Nc1cc(Oc2cc(-c3cocn3)ncn2)ccc1F. The lowest BCUT2D eigenvalue weighted by molar-refractivity contribution is 0.262. The lowest BCUT2D eigenvalue weighted by Gasteiger charge is -2.13. The third-order valence-electron chi connectivity index (χ3n) is 4.64. The van der Waals surface area contributed by atoms with Crippen LogP contribution < -0.4 is 15.4 Å². The second-order valence-electron chi connectivity index (χ2n) is 8.23. The Morgan fingerprint density at radius 2 is 1.91 bits per heavy atom. The number of benzene rings is 1. The van der Waals surface area contributed by atoms with E-state index in [2.05, 4.69) is 30.7 Å². The molecule has 3 heterocycles. The maximum atomic E-state index is 14.3. The maximum Gasteiger partial charge on any atom is 0.324 e. The third kappa shape index (κ3) is 5.14. The number of amides is 2. The van der Waals surface area contributed by atoms with E-state index in [-0.39, 0.29) is 22.7 Å². The molecular formula is C22H22FN7O3. The number of aromatic nitrogens is 5. The van der Waals surface area contributed by atoms with Gasteiger partial charge in [0.1, 0.15) is 35.7 Å². The van der Waals surface area contributed by atoms with Crippen molar-refractivity contribution in [1.82, 2.24) is 24.7 Å². The molecule has 0 fully saturated rings. The highest BCUT2D eigenvalue weighted by molar-refractivity contribution is 5.99. The zero-order valence-corrected chi connectivity index (χ0v) is 18.5. The lowest BCUT2D eigenvalue weighted by Crippen LogP contribution is -2.21. The molecule has 0 atom stereocenters. The van der Waals surface area contributed by atoms with Gasteiger partial charge >= 0.3 is 6.03 Å². The molecule has 10 nitrogen and oxygen atoms in total. The lowest BCUT2D eigenvalue weighted by atomic mass is 9.92. The predicted octanol–water partition coefficient (Wildman–Crippen LogP) is 4.74. The Bertz CT molecular complexity index is 1280. The minimum atomic E-state index is -0.621. The molecule has 170 valence electrons. The Balaban J connectivity index is 1.47. The van der Waals surface area contributed by atoms with Crippen LogP contribution in [-0.4, -0.2) is 30.8 Å². The Labute approximate surface area is 188 Å². The second kappa shape index (κ2) is 8.69. The fraction of sp³-hybridized carbons (Fsp3) is 0.227. The summed E-state index contributed by atoms with van der Waals surface area (Å²) in [7, 11) is 1.72. The Kier molecular flexibility index (Phi) is 5.78. The molecule has 0 aliphatic heterocycles. The van der Waals surface area contributed by atoms with E-state index in [1.807, 2.05) is 20.8 Å². The van der Waals surface area contributed by atoms with Crippen LogP contribution in [0.2, 0.25) is 0 Å². The highest BCUT2D eigenvalue weighted by atomic mass is 19.1. The summed E-state index contributed by atoms with van der Waals surface area (Å²) in [5, 5.41) is 9.57. The zero-order chi connectivity index (χ0) is 23.6. The van der Waals surface area contributed by atoms with Gasteiger partial charge in [0.25, 0.3) is 0 Å². The van der Waals surface area contributed by atoms with E-state index in [4.69, 9.17) is 9.15 Å². The molecule has 0 aliphatic rings. The summed E-state index contributed by atoms with van der Waals surface area (Å²) < 4.78 is 26.6. The number of oxazole rings is 1. The first kappa shape index (κ1) is 21.9. The largest absolute Gasteiger partial charge is 0.451 e. The summed E-state index contributed by atoms with van der Waals surface area (Å²) in [5.41, 5.74) is 1.59. The van der Waals surface area contributed by atoms with E-state index < -0.39 is 11.8 Å². The minimum absolute atomic E-state index is 0.0611. The number of rotatable bonds is 5. The Morgan fingerprint density at radius 3 is 2.61 bits per heavy atom. The van der Waals surface area contributed by atoms with Crippen molar-refractivity contribution in [3.8, 4) is 23.0 Å². The van der Waals surface area contributed by atoms with E-state index in [1.165, 1.54) is 37.2 Å².